The quantitative estimate of drug-likeness (QED) is 0.666. The van der Waals surface area contributed by atoms with Gasteiger partial charge in [-0.15, -0.1) is 0 Å². The van der Waals surface area contributed by atoms with Gasteiger partial charge >= 0.3 is 6.18 Å². The first-order valence-corrected chi connectivity index (χ1v) is 5.68. The number of alkyl halides is 3. The summed E-state index contributed by atoms with van der Waals surface area (Å²) in [5.41, 5.74) is 4.18. The molecular weight excluding hydrogens is 203 g/mol. The average molecular weight is 219 g/mol. The molecule has 2 unspecified atom stereocenters. The highest BCUT2D eigenvalue weighted by molar-refractivity contribution is 5.12. The molecule has 2 atom stereocenters. The molecule has 0 radical (unpaired) electrons. The molecule has 0 aromatic carbocycles. The smallest absolute Gasteiger partial charge is 0.325 e. The van der Waals surface area contributed by atoms with Crippen LogP contribution in [0.5, 0.6) is 0 Å². The number of rotatable bonds is 0. The lowest BCUT2D eigenvalue weighted by molar-refractivity contribution is -0.275. The summed E-state index contributed by atoms with van der Waals surface area (Å²) in [6.07, 6.45) is -0.566. The molecule has 2 N–H and O–H groups in total. The first-order valence-electron chi connectivity index (χ1n) is 5.68. The van der Waals surface area contributed by atoms with Gasteiger partial charge in [0.05, 0.1) is 5.41 Å². The van der Waals surface area contributed by atoms with Crippen molar-refractivity contribution in [2.24, 2.45) is 23.0 Å². The van der Waals surface area contributed by atoms with Gasteiger partial charge in [-0.2, -0.15) is 13.2 Å². The summed E-state index contributed by atoms with van der Waals surface area (Å²) in [7, 11) is 0. The Morgan fingerprint density at radius 1 is 1.00 bits per heavy atom. The van der Waals surface area contributed by atoms with Crippen molar-refractivity contribution in [2.45, 2.75) is 50.2 Å². The van der Waals surface area contributed by atoms with Crippen LogP contribution in [0.2, 0.25) is 0 Å². The van der Waals surface area contributed by atoms with Crippen LogP contribution in [0.15, 0.2) is 0 Å². The maximum Gasteiger partial charge on any atom is 0.394 e. The standard InChI is InChI=1S/C11H16F3N/c12-11(13,14)9-2-7-1-8(3-9)5-10(15,4-7)6-9/h7-8H,1-6,15H2. The van der Waals surface area contributed by atoms with Crippen molar-refractivity contribution in [3.63, 3.8) is 0 Å². The second-order valence-electron chi connectivity index (χ2n) is 6.10. The molecule has 4 bridgehead atoms. The van der Waals surface area contributed by atoms with Crippen LogP contribution < -0.4 is 5.73 Å². The fourth-order valence-corrected chi connectivity index (χ4v) is 4.67. The van der Waals surface area contributed by atoms with E-state index in [-0.39, 0.29) is 18.3 Å². The summed E-state index contributed by atoms with van der Waals surface area (Å²) < 4.78 is 39.3. The second kappa shape index (κ2) is 2.53. The Hall–Kier alpha value is -0.250. The summed E-state index contributed by atoms with van der Waals surface area (Å²) in [4.78, 5) is 0. The highest BCUT2D eigenvalue weighted by Gasteiger charge is 2.66. The Labute approximate surface area is 87.2 Å². The SMILES string of the molecule is NC12CC3CC(C1)CC(C(F)(F)F)(C3)C2. The Morgan fingerprint density at radius 3 is 1.93 bits per heavy atom. The molecule has 4 rings (SSSR count). The van der Waals surface area contributed by atoms with E-state index in [2.05, 4.69) is 0 Å². The molecule has 86 valence electrons. The van der Waals surface area contributed by atoms with E-state index in [0.717, 1.165) is 19.3 Å². The zero-order valence-corrected chi connectivity index (χ0v) is 8.61. The molecule has 4 aliphatic rings. The van der Waals surface area contributed by atoms with Gasteiger partial charge in [0, 0.05) is 5.54 Å². The summed E-state index contributed by atoms with van der Waals surface area (Å²) in [5.74, 6) is 0.468. The van der Waals surface area contributed by atoms with Gasteiger partial charge in [0.2, 0.25) is 0 Å². The molecule has 0 heterocycles. The third-order valence-corrected chi connectivity index (χ3v) is 4.71. The van der Waals surface area contributed by atoms with Crippen molar-refractivity contribution < 1.29 is 13.2 Å². The van der Waals surface area contributed by atoms with E-state index in [1.54, 1.807) is 0 Å². The minimum absolute atomic E-state index is 0.177. The van der Waals surface area contributed by atoms with Gasteiger partial charge in [-0.1, -0.05) is 0 Å². The summed E-state index contributed by atoms with van der Waals surface area (Å²) >= 11 is 0. The Kier molecular flexibility index (Phi) is 1.67. The van der Waals surface area contributed by atoms with Crippen LogP contribution in [0.25, 0.3) is 0 Å². The third-order valence-electron chi connectivity index (χ3n) is 4.71. The first kappa shape index (κ1) is 9.94. The van der Waals surface area contributed by atoms with E-state index in [9.17, 15) is 13.2 Å². The maximum atomic E-state index is 13.1. The van der Waals surface area contributed by atoms with Gasteiger partial charge in [-0.05, 0) is 50.4 Å². The fraction of sp³-hybridized carbons (Fsp3) is 1.00. The van der Waals surface area contributed by atoms with Gasteiger partial charge in [-0.3, -0.25) is 0 Å². The van der Waals surface area contributed by atoms with Crippen molar-refractivity contribution in [3.8, 4) is 0 Å². The van der Waals surface area contributed by atoms with E-state index < -0.39 is 17.1 Å². The van der Waals surface area contributed by atoms with E-state index in [1.807, 2.05) is 0 Å². The molecule has 15 heavy (non-hydrogen) atoms. The van der Waals surface area contributed by atoms with Crippen molar-refractivity contribution in [3.05, 3.63) is 0 Å². The number of hydrogen-bond donors (Lipinski definition) is 1. The Morgan fingerprint density at radius 2 is 1.53 bits per heavy atom. The van der Waals surface area contributed by atoms with Crippen molar-refractivity contribution in [2.75, 3.05) is 0 Å². The van der Waals surface area contributed by atoms with Gasteiger partial charge in [0.1, 0.15) is 0 Å². The maximum absolute atomic E-state index is 13.1. The number of nitrogens with two attached hydrogens (primary N) is 1. The minimum atomic E-state index is -4.05. The van der Waals surface area contributed by atoms with E-state index in [4.69, 9.17) is 5.73 Å². The largest absolute Gasteiger partial charge is 0.394 e. The molecule has 4 heteroatoms. The van der Waals surface area contributed by atoms with Gasteiger partial charge < -0.3 is 5.73 Å². The summed E-state index contributed by atoms with van der Waals surface area (Å²) in [6.45, 7) is 0. The summed E-state index contributed by atoms with van der Waals surface area (Å²) in [6, 6.07) is 0. The highest BCUT2D eigenvalue weighted by atomic mass is 19.4. The zero-order valence-electron chi connectivity index (χ0n) is 8.61. The molecule has 0 spiro atoms. The number of hydrogen-bond acceptors (Lipinski definition) is 1. The molecule has 0 aromatic heterocycles. The summed E-state index contributed by atoms with van der Waals surface area (Å²) in [5, 5.41) is 0. The predicted molar refractivity (Wildman–Crippen MR) is 50.1 cm³/mol. The fourth-order valence-electron chi connectivity index (χ4n) is 4.67. The van der Waals surface area contributed by atoms with Gasteiger partial charge in [-0.25, -0.2) is 0 Å². The highest BCUT2D eigenvalue weighted by Crippen LogP contribution is 2.65. The van der Waals surface area contributed by atoms with Crippen LogP contribution in [0.1, 0.15) is 38.5 Å². The topological polar surface area (TPSA) is 26.0 Å². The Bertz CT molecular complexity index is 283. The molecule has 0 aliphatic heterocycles. The van der Waals surface area contributed by atoms with Gasteiger partial charge in [0.15, 0.2) is 0 Å². The average Bonchev–Trinajstić information content (AvgIpc) is 1.95. The van der Waals surface area contributed by atoms with Crippen LogP contribution in [0.4, 0.5) is 13.2 Å². The van der Waals surface area contributed by atoms with Crippen LogP contribution in [-0.4, -0.2) is 11.7 Å². The van der Waals surface area contributed by atoms with E-state index in [1.165, 1.54) is 0 Å². The van der Waals surface area contributed by atoms with E-state index in [0.29, 0.717) is 12.8 Å². The number of halogens is 3. The van der Waals surface area contributed by atoms with Crippen LogP contribution in [0.3, 0.4) is 0 Å². The van der Waals surface area contributed by atoms with Crippen molar-refractivity contribution >= 4 is 0 Å². The van der Waals surface area contributed by atoms with E-state index >= 15 is 0 Å². The molecule has 0 saturated heterocycles. The molecule has 4 saturated carbocycles. The molecule has 0 amide bonds. The lowest BCUT2D eigenvalue weighted by Crippen LogP contribution is -2.63. The monoisotopic (exact) mass is 219 g/mol. The molecule has 4 aliphatic carbocycles. The van der Waals surface area contributed by atoms with Crippen LogP contribution >= 0.6 is 0 Å². The third kappa shape index (κ3) is 1.26. The van der Waals surface area contributed by atoms with Crippen molar-refractivity contribution in [1.29, 1.82) is 0 Å². The predicted octanol–water partition coefficient (Wildman–Crippen LogP) is 2.85. The van der Waals surface area contributed by atoms with Crippen LogP contribution in [-0.2, 0) is 0 Å². The van der Waals surface area contributed by atoms with Crippen molar-refractivity contribution in [1.82, 2.24) is 0 Å². The van der Waals surface area contributed by atoms with Crippen LogP contribution in [0, 0.1) is 17.3 Å². The molecule has 4 fully saturated rings. The molecule has 1 nitrogen and oxygen atoms in total. The Balaban J connectivity index is 2.00. The normalized spacial score (nSPS) is 53.6. The minimum Gasteiger partial charge on any atom is -0.325 e. The lowest BCUT2D eigenvalue weighted by atomic mass is 9.47. The lowest BCUT2D eigenvalue weighted by Gasteiger charge is -2.61. The van der Waals surface area contributed by atoms with Gasteiger partial charge in [0.25, 0.3) is 0 Å². The zero-order chi connectivity index (χ0) is 10.9. The second-order valence-corrected chi connectivity index (χ2v) is 6.10. The molecular formula is C11H16F3N. The first-order chi connectivity index (χ1) is 6.82. The molecule has 0 aromatic rings.